The fraction of sp³-hybridized carbons (Fsp3) is 0.294. The molecule has 0 radical (unpaired) electrons. The van der Waals surface area contributed by atoms with Crippen molar-refractivity contribution in [1.29, 1.82) is 0 Å². The molecule has 0 spiro atoms. The zero-order valence-electron chi connectivity index (χ0n) is 13.3. The van der Waals surface area contributed by atoms with Crippen LogP contribution in [0.2, 0.25) is 0 Å². The number of methoxy groups -OCH3 is 1. The molecule has 0 saturated carbocycles. The summed E-state index contributed by atoms with van der Waals surface area (Å²) in [5, 5.41) is 9.40. The Hall–Kier alpha value is -2.34. The van der Waals surface area contributed by atoms with Crippen molar-refractivity contribution in [2.45, 2.75) is 26.7 Å². The molecule has 0 aliphatic rings. The van der Waals surface area contributed by atoms with Crippen molar-refractivity contribution in [3.8, 4) is 17.0 Å². The smallest absolute Gasteiger partial charge is 0.347 e. The fourth-order valence-corrected chi connectivity index (χ4v) is 3.82. The number of fused-ring (bicyclic) bond motifs is 1. The lowest BCUT2D eigenvalue weighted by Crippen LogP contribution is -2.02. The third-order valence-corrected chi connectivity index (χ3v) is 4.92. The van der Waals surface area contributed by atoms with E-state index >= 15 is 0 Å². The number of carbonyl (C=O) groups is 1. The van der Waals surface area contributed by atoms with Gasteiger partial charge in [0.1, 0.15) is 10.6 Å². The Morgan fingerprint density at radius 1 is 1.35 bits per heavy atom. The Labute approximate surface area is 138 Å². The van der Waals surface area contributed by atoms with Gasteiger partial charge in [0.15, 0.2) is 4.96 Å². The molecule has 0 saturated heterocycles. The SMILES string of the molecule is CCCc1c(C(=O)O)sc2nc(-c3ccc(OC)cc3)c(C)n12. The van der Waals surface area contributed by atoms with E-state index < -0.39 is 5.97 Å². The molecule has 0 bridgehead atoms. The van der Waals surface area contributed by atoms with Crippen molar-refractivity contribution in [1.82, 2.24) is 9.38 Å². The third-order valence-electron chi connectivity index (χ3n) is 3.85. The lowest BCUT2D eigenvalue weighted by atomic mass is 10.1. The summed E-state index contributed by atoms with van der Waals surface area (Å²) in [4.78, 5) is 17.2. The standard InChI is InChI=1S/C17H18N2O3S/c1-4-5-13-15(16(20)21)23-17-18-14(10(2)19(13)17)11-6-8-12(22-3)9-7-11/h6-9H,4-5H2,1-3H3,(H,20,21). The topological polar surface area (TPSA) is 63.8 Å². The molecule has 1 N–H and O–H groups in total. The van der Waals surface area contributed by atoms with E-state index in [0.717, 1.165) is 46.2 Å². The van der Waals surface area contributed by atoms with Crippen LogP contribution in [0, 0.1) is 6.92 Å². The van der Waals surface area contributed by atoms with Crippen LogP contribution in [0.15, 0.2) is 24.3 Å². The highest BCUT2D eigenvalue weighted by molar-refractivity contribution is 7.19. The molecule has 5 nitrogen and oxygen atoms in total. The van der Waals surface area contributed by atoms with Crippen LogP contribution in [0.3, 0.4) is 0 Å². The largest absolute Gasteiger partial charge is 0.497 e. The molecule has 0 aliphatic carbocycles. The zero-order valence-corrected chi connectivity index (χ0v) is 14.1. The minimum Gasteiger partial charge on any atom is -0.497 e. The first-order valence-electron chi connectivity index (χ1n) is 7.45. The second kappa shape index (κ2) is 6.04. The summed E-state index contributed by atoms with van der Waals surface area (Å²) in [5.74, 6) is -0.0818. The number of thiazole rings is 1. The lowest BCUT2D eigenvalue weighted by molar-refractivity contribution is 0.0700. The van der Waals surface area contributed by atoms with Crippen LogP contribution >= 0.6 is 11.3 Å². The van der Waals surface area contributed by atoms with Gasteiger partial charge in [0.25, 0.3) is 0 Å². The van der Waals surface area contributed by atoms with Crippen LogP contribution in [0.5, 0.6) is 5.75 Å². The number of benzene rings is 1. The number of ether oxygens (including phenoxy) is 1. The highest BCUT2D eigenvalue weighted by atomic mass is 32.1. The van der Waals surface area contributed by atoms with Crippen LogP contribution in [0.4, 0.5) is 0 Å². The third kappa shape index (κ3) is 2.59. The number of hydrogen-bond donors (Lipinski definition) is 1. The predicted molar refractivity (Wildman–Crippen MR) is 90.7 cm³/mol. The molecular weight excluding hydrogens is 312 g/mol. The van der Waals surface area contributed by atoms with Gasteiger partial charge in [-0.15, -0.1) is 0 Å². The van der Waals surface area contributed by atoms with E-state index in [1.165, 1.54) is 11.3 Å². The van der Waals surface area contributed by atoms with Gasteiger partial charge in [-0.05, 0) is 37.6 Å². The number of aromatic nitrogens is 2. The maximum Gasteiger partial charge on any atom is 0.347 e. The molecule has 3 aromatic rings. The van der Waals surface area contributed by atoms with Gasteiger partial charge in [0.2, 0.25) is 0 Å². The molecule has 0 aliphatic heterocycles. The number of imidazole rings is 1. The van der Waals surface area contributed by atoms with Crippen LogP contribution < -0.4 is 4.74 Å². The number of nitrogens with zero attached hydrogens (tertiary/aromatic N) is 2. The summed E-state index contributed by atoms with van der Waals surface area (Å²) in [6, 6.07) is 7.74. The highest BCUT2D eigenvalue weighted by Crippen LogP contribution is 2.32. The van der Waals surface area contributed by atoms with Crippen LogP contribution in [-0.2, 0) is 6.42 Å². The molecule has 3 rings (SSSR count). The Morgan fingerprint density at radius 3 is 2.61 bits per heavy atom. The van der Waals surface area contributed by atoms with Gasteiger partial charge < -0.3 is 9.84 Å². The average molecular weight is 330 g/mol. The minimum atomic E-state index is -0.880. The van der Waals surface area contributed by atoms with Crippen molar-refractivity contribution in [3.63, 3.8) is 0 Å². The fourth-order valence-electron chi connectivity index (χ4n) is 2.77. The van der Waals surface area contributed by atoms with Crippen molar-refractivity contribution in [2.24, 2.45) is 0 Å². The maximum absolute atomic E-state index is 11.5. The Morgan fingerprint density at radius 2 is 2.04 bits per heavy atom. The number of aryl methyl sites for hydroxylation is 2. The second-order valence-corrected chi connectivity index (χ2v) is 6.30. The van der Waals surface area contributed by atoms with Crippen LogP contribution in [0.25, 0.3) is 16.2 Å². The quantitative estimate of drug-likeness (QED) is 0.767. The van der Waals surface area contributed by atoms with E-state index in [0.29, 0.717) is 4.88 Å². The first-order valence-corrected chi connectivity index (χ1v) is 8.26. The van der Waals surface area contributed by atoms with Crippen molar-refractivity contribution < 1.29 is 14.6 Å². The number of carboxylic acid groups (broad SMARTS) is 1. The van der Waals surface area contributed by atoms with E-state index in [9.17, 15) is 9.90 Å². The van der Waals surface area contributed by atoms with Crippen LogP contribution in [0.1, 0.15) is 34.4 Å². The van der Waals surface area contributed by atoms with Gasteiger partial charge in [0, 0.05) is 17.0 Å². The number of rotatable bonds is 5. The summed E-state index contributed by atoms with van der Waals surface area (Å²) in [6.45, 7) is 4.03. The number of hydrogen-bond acceptors (Lipinski definition) is 4. The maximum atomic E-state index is 11.5. The van der Waals surface area contributed by atoms with E-state index in [1.54, 1.807) is 7.11 Å². The summed E-state index contributed by atoms with van der Waals surface area (Å²) in [7, 11) is 1.64. The van der Waals surface area contributed by atoms with Gasteiger partial charge >= 0.3 is 5.97 Å². The van der Waals surface area contributed by atoms with Gasteiger partial charge in [-0.3, -0.25) is 4.40 Å². The van der Waals surface area contributed by atoms with Gasteiger partial charge in [-0.2, -0.15) is 0 Å². The van der Waals surface area contributed by atoms with Gasteiger partial charge in [-0.1, -0.05) is 24.7 Å². The van der Waals surface area contributed by atoms with Crippen molar-refractivity contribution >= 4 is 22.3 Å². The predicted octanol–water partition coefficient (Wildman–Crippen LogP) is 4.03. The number of aromatic carboxylic acids is 1. The molecule has 2 heterocycles. The molecule has 2 aromatic heterocycles. The normalized spacial score (nSPS) is 11.1. The molecule has 0 unspecified atom stereocenters. The summed E-state index contributed by atoms with van der Waals surface area (Å²) in [6.07, 6.45) is 1.61. The Balaban J connectivity index is 2.16. The molecular formula is C17H18N2O3S. The molecule has 6 heteroatoms. The molecule has 120 valence electrons. The van der Waals surface area contributed by atoms with Gasteiger partial charge in [0.05, 0.1) is 12.8 Å². The summed E-state index contributed by atoms with van der Waals surface area (Å²) >= 11 is 1.24. The molecule has 23 heavy (non-hydrogen) atoms. The molecule has 0 amide bonds. The van der Waals surface area contributed by atoms with Crippen molar-refractivity contribution in [3.05, 3.63) is 40.5 Å². The molecule has 0 fully saturated rings. The zero-order chi connectivity index (χ0) is 16.6. The highest BCUT2D eigenvalue weighted by Gasteiger charge is 2.22. The summed E-state index contributed by atoms with van der Waals surface area (Å²) < 4.78 is 7.17. The lowest BCUT2D eigenvalue weighted by Gasteiger charge is -2.04. The van der Waals surface area contributed by atoms with E-state index in [-0.39, 0.29) is 0 Å². The van der Waals surface area contributed by atoms with E-state index in [1.807, 2.05) is 42.5 Å². The molecule has 0 atom stereocenters. The Kier molecular flexibility index (Phi) is 4.09. The second-order valence-electron chi connectivity index (χ2n) is 5.33. The molecule has 1 aromatic carbocycles. The van der Waals surface area contributed by atoms with Crippen molar-refractivity contribution in [2.75, 3.05) is 7.11 Å². The number of carboxylic acids is 1. The monoisotopic (exact) mass is 330 g/mol. The van der Waals surface area contributed by atoms with Gasteiger partial charge in [-0.25, -0.2) is 9.78 Å². The first kappa shape index (κ1) is 15.6. The first-order chi connectivity index (χ1) is 11.1. The van der Waals surface area contributed by atoms with Crippen LogP contribution in [-0.4, -0.2) is 27.6 Å². The minimum absolute atomic E-state index is 0.388. The van der Waals surface area contributed by atoms with E-state index in [2.05, 4.69) is 4.98 Å². The van der Waals surface area contributed by atoms with E-state index in [4.69, 9.17) is 4.74 Å². The Bertz CT molecular complexity index is 862. The summed E-state index contributed by atoms with van der Waals surface area (Å²) in [5.41, 5.74) is 3.69. The average Bonchev–Trinajstić information content (AvgIpc) is 3.06.